The van der Waals surface area contributed by atoms with Gasteiger partial charge in [0.2, 0.25) is 0 Å². The second kappa shape index (κ2) is 8.77. The number of phenols is 1. The van der Waals surface area contributed by atoms with E-state index in [0.29, 0.717) is 17.8 Å². The van der Waals surface area contributed by atoms with Crippen LogP contribution in [0.3, 0.4) is 0 Å². The van der Waals surface area contributed by atoms with Gasteiger partial charge in [-0.05, 0) is 41.5 Å². The lowest BCUT2D eigenvalue weighted by Gasteiger charge is -2.35. The van der Waals surface area contributed by atoms with Gasteiger partial charge >= 0.3 is 0 Å². The number of anilines is 1. The monoisotopic (exact) mass is 472 g/mol. The maximum Gasteiger partial charge on any atom is 0.257 e. The number of fused-ring (bicyclic) bond motifs is 2. The van der Waals surface area contributed by atoms with Gasteiger partial charge < -0.3 is 15.3 Å². The van der Waals surface area contributed by atoms with Crippen LogP contribution < -0.4 is 5.32 Å². The van der Waals surface area contributed by atoms with Crippen LogP contribution in [0.5, 0.6) is 5.75 Å². The van der Waals surface area contributed by atoms with Crippen LogP contribution in [-0.4, -0.2) is 15.9 Å². The number of amides is 1. The van der Waals surface area contributed by atoms with Crippen molar-refractivity contribution in [3.8, 4) is 5.75 Å². The van der Waals surface area contributed by atoms with Crippen molar-refractivity contribution >= 4 is 50.2 Å². The minimum Gasteiger partial charge on any atom is -0.508 e. The van der Waals surface area contributed by atoms with Crippen molar-refractivity contribution < 1.29 is 9.90 Å². The molecule has 2 heterocycles. The summed E-state index contributed by atoms with van der Waals surface area (Å²) in [6, 6.07) is 22.2. The molecule has 0 aliphatic carbocycles. The first-order valence-electron chi connectivity index (χ1n) is 10.5. The van der Waals surface area contributed by atoms with E-state index < -0.39 is 0 Å². The summed E-state index contributed by atoms with van der Waals surface area (Å²) < 4.78 is 1.12. The molecular weight excluding hydrogens is 452 g/mol. The number of halogens is 1. The number of thiophene rings is 1. The number of rotatable bonds is 5. The van der Waals surface area contributed by atoms with Gasteiger partial charge in [0, 0.05) is 26.9 Å². The summed E-state index contributed by atoms with van der Waals surface area (Å²) in [4.78, 5) is 16.4. The van der Waals surface area contributed by atoms with E-state index in [4.69, 9.17) is 11.6 Å². The molecule has 1 unspecified atom stereocenters. The van der Waals surface area contributed by atoms with E-state index in [1.807, 2.05) is 65.7 Å². The Kier molecular flexibility index (Phi) is 5.67. The number of carbonyl (C=O) groups is 1. The second-order valence-electron chi connectivity index (χ2n) is 7.82. The fraction of sp³-hybridized carbons (Fsp3) is 0.0741. The lowest BCUT2D eigenvalue weighted by molar-refractivity contribution is -0.111. The SMILES string of the molecule is C=CC1c2cc(O)ccc2C(C(=O)Nc2ccccc2)=CN1Cc1sc2ccccc2c1Cl. The van der Waals surface area contributed by atoms with Crippen molar-refractivity contribution in [2.24, 2.45) is 0 Å². The molecule has 0 spiro atoms. The zero-order chi connectivity index (χ0) is 22.9. The highest BCUT2D eigenvalue weighted by Gasteiger charge is 2.30. The molecule has 1 aliphatic rings. The van der Waals surface area contributed by atoms with Crippen molar-refractivity contribution in [1.82, 2.24) is 4.90 Å². The third-order valence-electron chi connectivity index (χ3n) is 5.72. The molecule has 1 amide bonds. The molecule has 1 aromatic heterocycles. The summed E-state index contributed by atoms with van der Waals surface area (Å²) in [5.41, 5.74) is 2.82. The van der Waals surface area contributed by atoms with Gasteiger partial charge in [-0.3, -0.25) is 4.79 Å². The second-order valence-corrected chi connectivity index (χ2v) is 9.34. The molecule has 164 valence electrons. The fourth-order valence-electron chi connectivity index (χ4n) is 4.17. The number of para-hydroxylation sites is 1. The molecule has 33 heavy (non-hydrogen) atoms. The Balaban J connectivity index is 1.57. The lowest BCUT2D eigenvalue weighted by Crippen LogP contribution is -2.29. The molecular formula is C27H21ClN2O2S. The van der Waals surface area contributed by atoms with Gasteiger partial charge in [0.15, 0.2) is 0 Å². The molecule has 5 rings (SSSR count). The van der Waals surface area contributed by atoms with Gasteiger partial charge in [-0.1, -0.05) is 60.1 Å². The third kappa shape index (κ3) is 4.01. The van der Waals surface area contributed by atoms with Gasteiger partial charge in [0.25, 0.3) is 5.91 Å². The largest absolute Gasteiger partial charge is 0.508 e. The van der Waals surface area contributed by atoms with Gasteiger partial charge in [0.05, 0.1) is 23.2 Å². The number of nitrogens with one attached hydrogen (secondary N) is 1. The highest BCUT2D eigenvalue weighted by atomic mass is 35.5. The number of nitrogens with zero attached hydrogens (tertiary/aromatic N) is 1. The molecule has 1 atom stereocenters. The quantitative estimate of drug-likeness (QED) is 0.308. The number of benzene rings is 3. The van der Waals surface area contributed by atoms with Gasteiger partial charge in [-0.15, -0.1) is 17.9 Å². The first-order chi connectivity index (χ1) is 16.0. The van der Waals surface area contributed by atoms with E-state index in [-0.39, 0.29) is 17.7 Å². The summed E-state index contributed by atoms with van der Waals surface area (Å²) in [6.45, 7) is 4.53. The maximum atomic E-state index is 13.3. The number of hydrogen-bond acceptors (Lipinski definition) is 4. The zero-order valence-electron chi connectivity index (χ0n) is 17.7. The molecule has 1 aliphatic heterocycles. The predicted molar refractivity (Wildman–Crippen MR) is 136 cm³/mol. The normalized spacial score (nSPS) is 15.1. The fourth-order valence-corrected chi connectivity index (χ4v) is 5.68. The van der Waals surface area contributed by atoms with Crippen molar-refractivity contribution in [1.29, 1.82) is 0 Å². The predicted octanol–water partition coefficient (Wildman–Crippen LogP) is 6.98. The Morgan fingerprint density at radius 1 is 1.12 bits per heavy atom. The highest BCUT2D eigenvalue weighted by molar-refractivity contribution is 7.19. The van der Waals surface area contributed by atoms with Crippen LogP contribution in [0.25, 0.3) is 15.7 Å². The van der Waals surface area contributed by atoms with Crippen LogP contribution >= 0.6 is 22.9 Å². The number of hydrogen-bond donors (Lipinski definition) is 2. The number of aromatic hydroxyl groups is 1. The van der Waals surface area contributed by atoms with Crippen LogP contribution in [-0.2, 0) is 11.3 Å². The smallest absolute Gasteiger partial charge is 0.257 e. The molecule has 0 fully saturated rings. The molecule has 6 heteroatoms. The molecule has 4 nitrogen and oxygen atoms in total. The molecule has 3 aromatic carbocycles. The standard InChI is InChI=1S/C27H21ClN2O2S/c1-2-23-21-14-18(31)12-13-19(21)22(27(32)29-17-8-4-3-5-9-17)15-30(23)16-25-26(28)20-10-6-7-11-24(20)33-25/h2-15,23,31H,1,16H2,(H,29,32). The number of phenolic OH excluding ortho intramolecular Hbond substituents is 1. The van der Waals surface area contributed by atoms with Gasteiger partial charge in [-0.2, -0.15) is 0 Å². The Hall–Kier alpha value is -3.54. The number of carbonyl (C=O) groups excluding carboxylic acids is 1. The van der Waals surface area contributed by atoms with Crippen molar-refractivity contribution in [2.75, 3.05) is 5.32 Å². The lowest BCUT2D eigenvalue weighted by atomic mass is 9.90. The molecule has 0 saturated carbocycles. The van der Waals surface area contributed by atoms with Crippen LogP contribution in [0.2, 0.25) is 5.02 Å². The van der Waals surface area contributed by atoms with Crippen LogP contribution in [0.4, 0.5) is 5.69 Å². The summed E-state index contributed by atoms with van der Waals surface area (Å²) in [5.74, 6) is -0.0757. The van der Waals surface area contributed by atoms with E-state index in [1.54, 1.807) is 29.5 Å². The average molecular weight is 473 g/mol. The van der Waals surface area contributed by atoms with E-state index in [0.717, 1.165) is 31.1 Å². The molecule has 4 aromatic rings. The van der Waals surface area contributed by atoms with Crippen molar-refractivity contribution in [3.63, 3.8) is 0 Å². The highest BCUT2D eigenvalue weighted by Crippen LogP contribution is 2.42. The van der Waals surface area contributed by atoms with Crippen LogP contribution in [0.1, 0.15) is 22.0 Å². The van der Waals surface area contributed by atoms with Crippen molar-refractivity contribution in [3.05, 3.63) is 113 Å². The van der Waals surface area contributed by atoms with E-state index in [2.05, 4.69) is 18.0 Å². The minimum absolute atomic E-state index is 0.144. The maximum absolute atomic E-state index is 13.3. The molecule has 0 radical (unpaired) electrons. The van der Waals surface area contributed by atoms with Gasteiger partial charge in [-0.25, -0.2) is 0 Å². The van der Waals surface area contributed by atoms with E-state index in [1.165, 1.54) is 0 Å². The summed E-state index contributed by atoms with van der Waals surface area (Å²) in [6.07, 6.45) is 3.69. The Labute approximate surface area is 201 Å². The Bertz CT molecular complexity index is 1390. The topological polar surface area (TPSA) is 52.6 Å². The Morgan fingerprint density at radius 2 is 1.88 bits per heavy atom. The van der Waals surface area contributed by atoms with Gasteiger partial charge in [0.1, 0.15) is 5.75 Å². The summed E-state index contributed by atoms with van der Waals surface area (Å²) in [5, 5.41) is 14.9. The minimum atomic E-state index is -0.221. The summed E-state index contributed by atoms with van der Waals surface area (Å²) in [7, 11) is 0. The van der Waals surface area contributed by atoms with Crippen LogP contribution in [0.15, 0.2) is 91.7 Å². The van der Waals surface area contributed by atoms with E-state index >= 15 is 0 Å². The molecule has 2 N–H and O–H groups in total. The van der Waals surface area contributed by atoms with Crippen LogP contribution in [0, 0.1) is 0 Å². The zero-order valence-corrected chi connectivity index (χ0v) is 19.2. The first-order valence-corrected chi connectivity index (χ1v) is 11.7. The van der Waals surface area contributed by atoms with E-state index in [9.17, 15) is 9.90 Å². The average Bonchev–Trinajstić information content (AvgIpc) is 3.14. The third-order valence-corrected chi connectivity index (χ3v) is 7.42. The summed E-state index contributed by atoms with van der Waals surface area (Å²) >= 11 is 8.36. The Morgan fingerprint density at radius 3 is 2.64 bits per heavy atom. The van der Waals surface area contributed by atoms with Crippen molar-refractivity contribution in [2.45, 2.75) is 12.6 Å². The molecule has 0 saturated heterocycles. The first kappa shape index (κ1) is 21.3. The molecule has 0 bridgehead atoms.